The largest absolute Gasteiger partial charge is 0.302 e. The zero-order chi connectivity index (χ0) is 11.1. The Bertz CT molecular complexity index is 297. The number of rotatable bonds is 6. The van der Waals surface area contributed by atoms with E-state index >= 15 is 0 Å². The van der Waals surface area contributed by atoms with Gasteiger partial charge in [-0.05, 0) is 30.5 Å². The lowest BCUT2D eigenvalue weighted by atomic mass is 10.2. The molecule has 82 valence electrons. The standard InChI is InChI=1S/C12H17NOS/c1-3-15-12-6-4-11(5-7-12)10-13(2)8-9-14/h4-7,9H,3,8,10H2,1-2H3. The summed E-state index contributed by atoms with van der Waals surface area (Å²) in [5, 5.41) is 0. The molecule has 0 amide bonds. The predicted molar refractivity (Wildman–Crippen MR) is 65.2 cm³/mol. The minimum atomic E-state index is 0.492. The van der Waals surface area contributed by atoms with Crippen LogP contribution < -0.4 is 0 Å². The van der Waals surface area contributed by atoms with E-state index in [1.807, 2.05) is 23.7 Å². The van der Waals surface area contributed by atoms with Crippen LogP contribution in [0.3, 0.4) is 0 Å². The first-order chi connectivity index (χ1) is 7.26. The van der Waals surface area contributed by atoms with Gasteiger partial charge in [0.1, 0.15) is 6.29 Å². The molecule has 1 aromatic carbocycles. The van der Waals surface area contributed by atoms with Crippen molar-refractivity contribution in [2.24, 2.45) is 0 Å². The molecule has 0 N–H and O–H groups in total. The van der Waals surface area contributed by atoms with Gasteiger partial charge in [0.25, 0.3) is 0 Å². The lowest BCUT2D eigenvalue weighted by Crippen LogP contribution is -2.19. The Hall–Kier alpha value is -0.800. The number of aldehydes is 1. The van der Waals surface area contributed by atoms with Crippen LogP contribution in [0.2, 0.25) is 0 Å². The second-order valence-electron chi connectivity index (χ2n) is 3.44. The Morgan fingerprint density at radius 2 is 2.00 bits per heavy atom. The molecule has 0 saturated heterocycles. The highest BCUT2D eigenvalue weighted by atomic mass is 32.2. The van der Waals surface area contributed by atoms with Gasteiger partial charge in [0, 0.05) is 11.4 Å². The van der Waals surface area contributed by atoms with Crippen LogP contribution >= 0.6 is 11.8 Å². The van der Waals surface area contributed by atoms with Crippen molar-refractivity contribution in [1.82, 2.24) is 4.90 Å². The Morgan fingerprint density at radius 1 is 1.33 bits per heavy atom. The molecule has 2 nitrogen and oxygen atoms in total. The monoisotopic (exact) mass is 223 g/mol. The van der Waals surface area contributed by atoms with Gasteiger partial charge >= 0.3 is 0 Å². The summed E-state index contributed by atoms with van der Waals surface area (Å²) in [7, 11) is 1.95. The van der Waals surface area contributed by atoms with Gasteiger partial charge in [-0.1, -0.05) is 19.1 Å². The smallest absolute Gasteiger partial charge is 0.133 e. The highest BCUT2D eigenvalue weighted by molar-refractivity contribution is 7.99. The van der Waals surface area contributed by atoms with E-state index in [0.717, 1.165) is 18.6 Å². The normalized spacial score (nSPS) is 10.6. The van der Waals surface area contributed by atoms with Crippen LogP contribution in [0.25, 0.3) is 0 Å². The van der Waals surface area contributed by atoms with Crippen molar-refractivity contribution >= 4 is 18.0 Å². The van der Waals surface area contributed by atoms with Crippen molar-refractivity contribution < 1.29 is 4.79 Å². The van der Waals surface area contributed by atoms with Gasteiger partial charge in [0.15, 0.2) is 0 Å². The van der Waals surface area contributed by atoms with Crippen molar-refractivity contribution in [3.63, 3.8) is 0 Å². The average Bonchev–Trinajstić information content (AvgIpc) is 2.22. The van der Waals surface area contributed by atoms with Gasteiger partial charge in [0.05, 0.1) is 6.54 Å². The molecule has 0 bridgehead atoms. The number of nitrogens with zero attached hydrogens (tertiary/aromatic N) is 1. The van der Waals surface area contributed by atoms with Crippen LogP contribution in [0.15, 0.2) is 29.2 Å². The maximum absolute atomic E-state index is 10.3. The van der Waals surface area contributed by atoms with E-state index in [2.05, 4.69) is 31.2 Å². The first kappa shape index (κ1) is 12.3. The zero-order valence-electron chi connectivity index (χ0n) is 9.27. The minimum Gasteiger partial charge on any atom is -0.302 e. The second-order valence-corrected chi connectivity index (χ2v) is 4.78. The Labute approximate surface area is 95.7 Å². The van der Waals surface area contributed by atoms with E-state index in [1.165, 1.54) is 10.5 Å². The number of hydrogen-bond acceptors (Lipinski definition) is 3. The molecule has 0 radical (unpaired) electrons. The minimum absolute atomic E-state index is 0.492. The maximum Gasteiger partial charge on any atom is 0.133 e. The molecule has 0 aromatic heterocycles. The van der Waals surface area contributed by atoms with E-state index in [9.17, 15) is 4.79 Å². The van der Waals surface area contributed by atoms with Crippen LogP contribution in [0, 0.1) is 0 Å². The van der Waals surface area contributed by atoms with Crippen LogP contribution in [0.1, 0.15) is 12.5 Å². The van der Waals surface area contributed by atoms with Crippen molar-refractivity contribution in [2.45, 2.75) is 18.4 Å². The molecule has 0 aliphatic carbocycles. The molecule has 0 fully saturated rings. The number of carbonyl (C=O) groups excluding carboxylic acids is 1. The SMILES string of the molecule is CCSc1ccc(CN(C)CC=O)cc1. The summed E-state index contributed by atoms with van der Waals surface area (Å²) in [6.07, 6.45) is 0.932. The number of benzene rings is 1. The van der Waals surface area contributed by atoms with Gasteiger partial charge in [-0.15, -0.1) is 11.8 Å². The molecule has 1 rings (SSSR count). The fourth-order valence-corrected chi connectivity index (χ4v) is 2.02. The molecule has 0 unspecified atom stereocenters. The summed E-state index contributed by atoms with van der Waals surface area (Å²) >= 11 is 1.84. The molecule has 0 atom stereocenters. The van der Waals surface area contributed by atoms with Crippen molar-refractivity contribution in [3.8, 4) is 0 Å². The summed E-state index contributed by atoms with van der Waals surface area (Å²) in [5.74, 6) is 1.10. The lowest BCUT2D eigenvalue weighted by Gasteiger charge is -2.13. The fourth-order valence-electron chi connectivity index (χ4n) is 1.36. The summed E-state index contributed by atoms with van der Waals surface area (Å²) in [6.45, 7) is 3.47. The maximum atomic E-state index is 10.3. The molecule has 0 spiro atoms. The lowest BCUT2D eigenvalue weighted by molar-refractivity contribution is -0.108. The van der Waals surface area contributed by atoms with E-state index in [1.54, 1.807) is 0 Å². The molecule has 15 heavy (non-hydrogen) atoms. The number of likely N-dealkylation sites (N-methyl/N-ethyl adjacent to an activating group) is 1. The van der Waals surface area contributed by atoms with E-state index in [0.29, 0.717) is 6.54 Å². The van der Waals surface area contributed by atoms with Crippen molar-refractivity contribution in [1.29, 1.82) is 0 Å². The van der Waals surface area contributed by atoms with Gasteiger partial charge in [-0.3, -0.25) is 4.90 Å². The van der Waals surface area contributed by atoms with Crippen LogP contribution in [0.4, 0.5) is 0 Å². The first-order valence-corrected chi connectivity index (χ1v) is 6.08. The third kappa shape index (κ3) is 4.49. The zero-order valence-corrected chi connectivity index (χ0v) is 10.1. The highest BCUT2D eigenvalue weighted by Gasteiger charge is 1.99. The molecule has 0 saturated carbocycles. The molecular formula is C12H17NOS. The van der Waals surface area contributed by atoms with Gasteiger partial charge in [-0.25, -0.2) is 0 Å². The Balaban J connectivity index is 2.52. The fraction of sp³-hybridized carbons (Fsp3) is 0.417. The summed E-state index contributed by atoms with van der Waals surface area (Å²) in [5.41, 5.74) is 1.25. The molecule has 0 heterocycles. The highest BCUT2D eigenvalue weighted by Crippen LogP contribution is 2.18. The molecule has 0 aliphatic heterocycles. The average molecular weight is 223 g/mol. The Kier molecular flexibility index (Phi) is 5.43. The van der Waals surface area contributed by atoms with Gasteiger partial charge in [0.2, 0.25) is 0 Å². The third-order valence-corrected chi connectivity index (χ3v) is 2.97. The summed E-state index contributed by atoms with van der Waals surface area (Å²) in [4.78, 5) is 13.6. The Morgan fingerprint density at radius 3 is 2.53 bits per heavy atom. The van der Waals surface area contributed by atoms with E-state index in [-0.39, 0.29) is 0 Å². The first-order valence-electron chi connectivity index (χ1n) is 5.10. The van der Waals surface area contributed by atoms with E-state index < -0.39 is 0 Å². The number of thioether (sulfide) groups is 1. The molecule has 1 aromatic rings. The molecule has 0 aliphatic rings. The van der Waals surface area contributed by atoms with Crippen molar-refractivity contribution in [2.75, 3.05) is 19.3 Å². The third-order valence-electron chi connectivity index (χ3n) is 2.07. The molecule has 3 heteroatoms. The number of hydrogen-bond donors (Lipinski definition) is 0. The van der Waals surface area contributed by atoms with Crippen LogP contribution in [-0.4, -0.2) is 30.5 Å². The van der Waals surface area contributed by atoms with Crippen LogP contribution in [0.5, 0.6) is 0 Å². The predicted octanol–water partition coefficient (Wildman–Crippen LogP) is 2.43. The van der Waals surface area contributed by atoms with Gasteiger partial charge < -0.3 is 4.79 Å². The van der Waals surface area contributed by atoms with Crippen molar-refractivity contribution in [3.05, 3.63) is 29.8 Å². The topological polar surface area (TPSA) is 20.3 Å². The van der Waals surface area contributed by atoms with E-state index in [4.69, 9.17) is 0 Å². The summed E-state index contributed by atoms with van der Waals surface area (Å²) in [6, 6.07) is 8.52. The van der Waals surface area contributed by atoms with Gasteiger partial charge in [-0.2, -0.15) is 0 Å². The second kappa shape index (κ2) is 6.64. The quantitative estimate of drug-likeness (QED) is 0.546. The summed E-state index contributed by atoms with van der Waals surface area (Å²) < 4.78 is 0. The molecular weight excluding hydrogens is 206 g/mol. The number of carbonyl (C=O) groups is 1. The van der Waals surface area contributed by atoms with Crippen LogP contribution in [-0.2, 0) is 11.3 Å².